The SMILES string of the molecule is CC1(C)CCCN(c2cc(C(=O)O)c(Cl)cn2)CC1. The molecule has 0 saturated carbocycles. The zero-order valence-electron chi connectivity index (χ0n) is 11.3. The molecule has 2 heterocycles. The molecular formula is C14H19ClN2O2. The molecule has 19 heavy (non-hydrogen) atoms. The maximum atomic E-state index is 11.1. The molecule has 0 bridgehead atoms. The highest BCUT2D eigenvalue weighted by Gasteiger charge is 2.24. The van der Waals surface area contributed by atoms with Gasteiger partial charge >= 0.3 is 5.97 Å². The number of carbonyl (C=O) groups is 1. The van der Waals surface area contributed by atoms with Crippen LogP contribution in [0.25, 0.3) is 0 Å². The third kappa shape index (κ3) is 3.38. The Balaban J connectivity index is 2.22. The van der Waals surface area contributed by atoms with Crippen molar-refractivity contribution in [1.82, 2.24) is 4.98 Å². The van der Waals surface area contributed by atoms with E-state index < -0.39 is 5.97 Å². The van der Waals surface area contributed by atoms with Crippen LogP contribution in [-0.2, 0) is 0 Å². The van der Waals surface area contributed by atoms with E-state index in [-0.39, 0.29) is 10.6 Å². The van der Waals surface area contributed by atoms with Gasteiger partial charge in [-0.25, -0.2) is 9.78 Å². The summed E-state index contributed by atoms with van der Waals surface area (Å²) in [7, 11) is 0. The van der Waals surface area contributed by atoms with E-state index >= 15 is 0 Å². The van der Waals surface area contributed by atoms with Gasteiger partial charge in [-0.3, -0.25) is 0 Å². The molecule has 2 rings (SSSR count). The fourth-order valence-electron chi connectivity index (χ4n) is 2.42. The van der Waals surface area contributed by atoms with Gasteiger partial charge < -0.3 is 10.0 Å². The largest absolute Gasteiger partial charge is 0.478 e. The summed E-state index contributed by atoms with van der Waals surface area (Å²) in [6, 6.07) is 1.57. The molecule has 1 aliphatic heterocycles. The quantitative estimate of drug-likeness (QED) is 0.903. The fourth-order valence-corrected chi connectivity index (χ4v) is 2.60. The standard InChI is InChI=1S/C14H19ClN2O2/c1-14(2)4-3-6-17(7-5-14)12-8-10(13(18)19)11(15)9-16-12/h8-9H,3-7H2,1-2H3,(H,18,19). The van der Waals surface area contributed by atoms with Gasteiger partial charge in [0.15, 0.2) is 0 Å². The lowest BCUT2D eigenvalue weighted by Gasteiger charge is -2.24. The van der Waals surface area contributed by atoms with Crippen molar-refractivity contribution < 1.29 is 9.90 Å². The smallest absolute Gasteiger partial charge is 0.337 e. The fraction of sp³-hybridized carbons (Fsp3) is 0.571. The molecule has 0 aromatic carbocycles. The van der Waals surface area contributed by atoms with Gasteiger partial charge in [-0.05, 0) is 30.7 Å². The van der Waals surface area contributed by atoms with Gasteiger partial charge in [0, 0.05) is 19.3 Å². The number of carboxylic acids is 1. The van der Waals surface area contributed by atoms with Gasteiger partial charge in [0.05, 0.1) is 10.6 Å². The van der Waals surface area contributed by atoms with Crippen LogP contribution in [0.2, 0.25) is 5.02 Å². The Labute approximate surface area is 118 Å². The van der Waals surface area contributed by atoms with Gasteiger partial charge in [0.2, 0.25) is 0 Å². The van der Waals surface area contributed by atoms with Crippen LogP contribution in [0.3, 0.4) is 0 Å². The molecule has 4 nitrogen and oxygen atoms in total. The summed E-state index contributed by atoms with van der Waals surface area (Å²) in [4.78, 5) is 17.5. The van der Waals surface area contributed by atoms with Crippen molar-refractivity contribution in [3.63, 3.8) is 0 Å². The number of hydrogen-bond donors (Lipinski definition) is 1. The number of hydrogen-bond acceptors (Lipinski definition) is 3. The lowest BCUT2D eigenvalue weighted by molar-refractivity contribution is 0.0697. The number of aromatic nitrogens is 1. The lowest BCUT2D eigenvalue weighted by atomic mass is 9.85. The summed E-state index contributed by atoms with van der Waals surface area (Å²) in [6.45, 7) is 6.36. The summed E-state index contributed by atoms with van der Waals surface area (Å²) < 4.78 is 0. The van der Waals surface area contributed by atoms with Crippen LogP contribution in [-0.4, -0.2) is 29.1 Å². The molecule has 104 valence electrons. The van der Waals surface area contributed by atoms with E-state index in [0.29, 0.717) is 11.2 Å². The molecular weight excluding hydrogens is 264 g/mol. The molecule has 1 aliphatic rings. The molecule has 0 aliphatic carbocycles. The van der Waals surface area contributed by atoms with Gasteiger partial charge in [-0.2, -0.15) is 0 Å². The predicted molar refractivity (Wildman–Crippen MR) is 76.1 cm³/mol. The Kier molecular flexibility index (Phi) is 3.99. The van der Waals surface area contributed by atoms with Gasteiger partial charge in [0.1, 0.15) is 5.82 Å². The molecule has 0 unspecified atom stereocenters. The number of rotatable bonds is 2. The highest BCUT2D eigenvalue weighted by Crippen LogP contribution is 2.31. The number of pyridine rings is 1. The van der Waals surface area contributed by atoms with Gasteiger partial charge in [0.25, 0.3) is 0 Å². The molecule has 5 heteroatoms. The summed E-state index contributed by atoms with van der Waals surface area (Å²) in [5.74, 6) is -0.302. The van der Waals surface area contributed by atoms with Crippen LogP contribution in [0.1, 0.15) is 43.5 Å². The molecule has 0 radical (unpaired) electrons. The van der Waals surface area contributed by atoms with Crippen LogP contribution in [0.15, 0.2) is 12.3 Å². The van der Waals surface area contributed by atoms with Crippen molar-refractivity contribution in [2.24, 2.45) is 5.41 Å². The number of carboxylic acid groups (broad SMARTS) is 1. The van der Waals surface area contributed by atoms with Crippen molar-refractivity contribution in [1.29, 1.82) is 0 Å². The molecule has 1 aromatic rings. The summed E-state index contributed by atoms with van der Waals surface area (Å²) in [5.41, 5.74) is 0.465. The van der Waals surface area contributed by atoms with E-state index in [9.17, 15) is 4.79 Å². The Morgan fingerprint density at radius 1 is 1.42 bits per heavy atom. The topological polar surface area (TPSA) is 53.4 Å². The van der Waals surface area contributed by atoms with Gasteiger partial charge in [-0.15, -0.1) is 0 Å². The zero-order valence-corrected chi connectivity index (χ0v) is 12.1. The molecule has 1 aromatic heterocycles. The first kappa shape index (κ1) is 14.1. The minimum atomic E-state index is -1.01. The second-order valence-electron chi connectivity index (χ2n) is 5.83. The number of halogens is 1. The second-order valence-corrected chi connectivity index (χ2v) is 6.24. The minimum absolute atomic E-state index is 0.121. The third-order valence-electron chi connectivity index (χ3n) is 3.74. The molecule has 0 spiro atoms. The average molecular weight is 283 g/mol. The molecule has 0 atom stereocenters. The second kappa shape index (κ2) is 5.37. The third-order valence-corrected chi connectivity index (χ3v) is 4.04. The van der Waals surface area contributed by atoms with Crippen molar-refractivity contribution in [3.05, 3.63) is 22.8 Å². The number of aromatic carboxylic acids is 1. The van der Waals surface area contributed by atoms with E-state index in [1.54, 1.807) is 6.07 Å². The van der Waals surface area contributed by atoms with Crippen LogP contribution < -0.4 is 4.90 Å². The Morgan fingerprint density at radius 2 is 2.16 bits per heavy atom. The highest BCUT2D eigenvalue weighted by atomic mass is 35.5. The maximum absolute atomic E-state index is 11.1. The van der Waals surface area contributed by atoms with Crippen LogP contribution in [0.4, 0.5) is 5.82 Å². The van der Waals surface area contributed by atoms with Crippen LogP contribution in [0, 0.1) is 5.41 Å². The molecule has 1 saturated heterocycles. The van der Waals surface area contributed by atoms with E-state index in [0.717, 1.165) is 25.9 Å². The number of nitrogens with zero attached hydrogens (tertiary/aromatic N) is 2. The van der Waals surface area contributed by atoms with E-state index in [4.69, 9.17) is 16.7 Å². The summed E-state index contributed by atoms with van der Waals surface area (Å²) >= 11 is 5.85. The highest BCUT2D eigenvalue weighted by molar-refractivity contribution is 6.33. The average Bonchev–Trinajstić information content (AvgIpc) is 2.51. The lowest BCUT2D eigenvalue weighted by Crippen LogP contribution is -2.26. The van der Waals surface area contributed by atoms with Crippen LogP contribution >= 0.6 is 11.6 Å². The van der Waals surface area contributed by atoms with Crippen molar-refractivity contribution >= 4 is 23.4 Å². The normalized spacial score (nSPS) is 19.0. The van der Waals surface area contributed by atoms with E-state index in [1.807, 2.05) is 0 Å². The first-order valence-electron chi connectivity index (χ1n) is 6.53. The minimum Gasteiger partial charge on any atom is -0.478 e. The predicted octanol–water partition coefficient (Wildman–Crippen LogP) is 3.45. The summed E-state index contributed by atoms with van der Waals surface area (Å²) in [6.07, 6.45) is 4.79. The Hall–Kier alpha value is -1.29. The van der Waals surface area contributed by atoms with Gasteiger partial charge in [-0.1, -0.05) is 25.4 Å². The van der Waals surface area contributed by atoms with Crippen molar-refractivity contribution in [3.8, 4) is 0 Å². The monoisotopic (exact) mass is 282 g/mol. The molecule has 0 amide bonds. The molecule has 1 fully saturated rings. The maximum Gasteiger partial charge on any atom is 0.337 e. The van der Waals surface area contributed by atoms with E-state index in [2.05, 4.69) is 23.7 Å². The van der Waals surface area contributed by atoms with E-state index in [1.165, 1.54) is 12.6 Å². The van der Waals surface area contributed by atoms with Crippen molar-refractivity contribution in [2.45, 2.75) is 33.1 Å². The van der Waals surface area contributed by atoms with Crippen LogP contribution in [0.5, 0.6) is 0 Å². The summed E-state index contributed by atoms with van der Waals surface area (Å²) in [5, 5.41) is 9.28. The first-order valence-corrected chi connectivity index (χ1v) is 6.91. The van der Waals surface area contributed by atoms with Crippen molar-refractivity contribution in [2.75, 3.05) is 18.0 Å². The first-order chi connectivity index (χ1) is 8.89. The zero-order chi connectivity index (χ0) is 14.0. The Bertz CT molecular complexity index is 488. The number of anilines is 1. The molecule has 1 N–H and O–H groups in total. The Morgan fingerprint density at radius 3 is 2.84 bits per heavy atom.